The molecule has 0 amide bonds. The summed E-state index contributed by atoms with van der Waals surface area (Å²) in [4.78, 5) is 2.92. The molecule has 0 saturated heterocycles. The van der Waals surface area contributed by atoms with Crippen LogP contribution in [0, 0.1) is 0 Å². The molecule has 0 aliphatic heterocycles. The molecule has 1 aromatic heterocycles. The molecule has 2 heteroatoms. The van der Waals surface area contributed by atoms with E-state index >= 15 is 0 Å². The van der Waals surface area contributed by atoms with Crippen molar-refractivity contribution in [2.45, 2.75) is 51.5 Å². The zero-order valence-corrected chi connectivity index (χ0v) is 13.9. The lowest BCUT2D eigenvalue weighted by Gasteiger charge is -2.18. The van der Waals surface area contributed by atoms with Gasteiger partial charge >= 0.3 is 0 Å². The second-order valence-corrected chi connectivity index (χ2v) is 7.10. The van der Waals surface area contributed by atoms with Crippen molar-refractivity contribution in [2.75, 3.05) is 7.05 Å². The normalized spacial score (nSPS) is 15.7. The van der Waals surface area contributed by atoms with Crippen LogP contribution in [0.15, 0.2) is 30.3 Å². The molecule has 0 spiro atoms. The number of benzene rings is 1. The second kappa shape index (κ2) is 6.76. The van der Waals surface area contributed by atoms with Crippen molar-refractivity contribution >= 4 is 11.3 Å². The Hall–Kier alpha value is -1.12. The van der Waals surface area contributed by atoms with Crippen molar-refractivity contribution in [1.82, 2.24) is 5.32 Å². The number of fused-ring (bicyclic) bond motifs is 1. The summed E-state index contributed by atoms with van der Waals surface area (Å²) in [5.41, 5.74) is 4.66. The van der Waals surface area contributed by atoms with Gasteiger partial charge in [0.1, 0.15) is 0 Å². The van der Waals surface area contributed by atoms with Crippen LogP contribution >= 0.6 is 11.3 Å². The highest BCUT2D eigenvalue weighted by atomic mass is 32.1. The smallest absolute Gasteiger partial charge is 0.0412 e. The summed E-state index contributed by atoms with van der Waals surface area (Å²) >= 11 is 1.97. The first kappa shape index (κ1) is 14.8. The van der Waals surface area contributed by atoms with E-state index in [0.717, 1.165) is 0 Å². The second-order valence-electron chi connectivity index (χ2n) is 5.98. The van der Waals surface area contributed by atoms with Gasteiger partial charge in [-0.2, -0.15) is 0 Å². The molecule has 1 N–H and O–H groups in total. The fourth-order valence-electron chi connectivity index (χ4n) is 3.41. The third-order valence-corrected chi connectivity index (χ3v) is 5.79. The minimum atomic E-state index is 0.508. The summed E-state index contributed by atoms with van der Waals surface area (Å²) in [6.07, 6.45) is 7.64. The van der Waals surface area contributed by atoms with Gasteiger partial charge in [-0.25, -0.2) is 0 Å². The van der Waals surface area contributed by atoms with Crippen LogP contribution in [0.5, 0.6) is 0 Å². The highest BCUT2D eigenvalue weighted by molar-refractivity contribution is 7.15. The largest absolute Gasteiger partial charge is 0.312 e. The highest BCUT2D eigenvalue weighted by Gasteiger charge is 2.17. The Kier molecular flexibility index (Phi) is 4.77. The molecule has 1 atom stereocenters. The quantitative estimate of drug-likeness (QED) is 0.784. The first-order valence-electron chi connectivity index (χ1n) is 8.21. The number of thiophene rings is 1. The van der Waals surface area contributed by atoms with Gasteiger partial charge in [-0.3, -0.25) is 0 Å². The van der Waals surface area contributed by atoms with Gasteiger partial charge in [-0.05, 0) is 68.0 Å². The fourth-order valence-corrected chi connectivity index (χ4v) is 4.62. The molecular weight excluding hydrogens is 274 g/mol. The van der Waals surface area contributed by atoms with E-state index in [2.05, 4.69) is 49.6 Å². The molecule has 0 radical (unpaired) electrons. The Labute approximate surface area is 132 Å². The van der Waals surface area contributed by atoms with Gasteiger partial charge in [0, 0.05) is 15.8 Å². The van der Waals surface area contributed by atoms with Gasteiger partial charge in [0.15, 0.2) is 0 Å². The van der Waals surface area contributed by atoms with E-state index in [1.807, 2.05) is 11.3 Å². The molecule has 0 fully saturated rings. The van der Waals surface area contributed by atoms with Crippen molar-refractivity contribution < 1.29 is 0 Å². The minimum absolute atomic E-state index is 0.508. The van der Waals surface area contributed by atoms with E-state index in [-0.39, 0.29) is 0 Å². The monoisotopic (exact) mass is 299 g/mol. The van der Waals surface area contributed by atoms with Crippen molar-refractivity contribution in [1.29, 1.82) is 0 Å². The van der Waals surface area contributed by atoms with Crippen LogP contribution in [0.4, 0.5) is 0 Å². The molecule has 1 unspecified atom stereocenters. The molecule has 0 bridgehead atoms. The molecule has 1 aromatic carbocycles. The maximum Gasteiger partial charge on any atom is 0.0412 e. The summed E-state index contributed by atoms with van der Waals surface area (Å²) in [7, 11) is 2.07. The Morgan fingerprint density at radius 1 is 1.14 bits per heavy atom. The van der Waals surface area contributed by atoms with Crippen LogP contribution in [0.25, 0.3) is 10.4 Å². The van der Waals surface area contributed by atoms with Gasteiger partial charge in [0.05, 0.1) is 0 Å². The predicted molar refractivity (Wildman–Crippen MR) is 93.1 cm³/mol. The van der Waals surface area contributed by atoms with Gasteiger partial charge in [-0.1, -0.05) is 31.5 Å². The molecule has 2 aromatic rings. The third-order valence-electron chi connectivity index (χ3n) is 4.56. The van der Waals surface area contributed by atoms with Crippen molar-refractivity contribution in [3.05, 3.63) is 46.3 Å². The average molecular weight is 299 g/mol. The summed E-state index contributed by atoms with van der Waals surface area (Å²) in [6.45, 7) is 2.26. The lowest BCUT2D eigenvalue weighted by Crippen LogP contribution is -2.14. The van der Waals surface area contributed by atoms with Crippen LogP contribution in [0.1, 0.15) is 54.7 Å². The van der Waals surface area contributed by atoms with Gasteiger partial charge in [-0.15, -0.1) is 11.3 Å². The summed E-state index contributed by atoms with van der Waals surface area (Å²) in [6, 6.07) is 12.0. The van der Waals surface area contributed by atoms with Crippen LogP contribution in [0.2, 0.25) is 0 Å². The SMILES string of the molecule is CCCC(NC)c1ccc(-c2cccc3c2CCCC3)s1. The summed E-state index contributed by atoms with van der Waals surface area (Å²) in [5.74, 6) is 0. The lowest BCUT2D eigenvalue weighted by atomic mass is 9.88. The van der Waals surface area contributed by atoms with Crippen molar-refractivity contribution in [3.8, 4) is 10.4 Å². The molecular formula is C19H25NS. The zero-order valence-electron chi connectivity index (χ0n) is 13.1. The van der Waals surface area contributed by atoms with Crippen LogP contribution in [0.3, 0.4) is 0 Å². The Morgan fingerprint density at radius 3 is 2.81 bits per heavy atom. The zero-order chi connectivity index (χ0) is 14.7. The van der Waals surface area contributed by atoms with Crippen LogP contribution in [-0.4, -0.2) is 7.05 Å². The number of aryl methyl sites for hydroxylation is 1. The van der Waals surface area contributed by atoms with E-state index in [1.165, 1.54) is 53.8 Å². The van der Waals surface area contributed by atoms with Crippen LogP contribution in [-0.2, 0) is 12.8 Å². The molecule has 1 aliphatic carbocycles. The standard InChI is InChI=1S/C19H25NS/c1-3-7-17(20-2)19-13-12-18(21-19)16-11-6-9-14-8-4-5-10-15(14)16/h6,9,11-13,17,20H,3-5,7-8,10H2,1-2H3. The molecule has 1 heterocycles. The summed E-state index contributed by atoms with van der Waals surface area (Å²) in [5, 5.41) is 3.46. The number of nitrogens with one attached hydrogen (secondary N) is 1. The maximum absolute atomic E-state index is 3.46. The topological polar surface area (TPSA) is 12.0 Å². The van der Waals surface area contributed by atoms with E-state index in [4.69, 9.17) is 0 Å². The highest BCUT2D eigenvalue weighted by Crippen LogP contribution is 2.37. The van der Waals surface area contributed by atoms with E-state index in [9.17, 15) is 0 Å². The molecule has 3 rings (SSSR count). The fraction of sp³-hybridized carbons (Fsp3) is 0.474. The number of rotatable bonds is 5. The van der Waals surface area contributed by atoms with E-state index in [0.29, 0.717) is 6.04 Å². The lowest BCUT2D eigenvalue weighted by molar-refractivity contribution is 0.550. The first-order valence-corrected chi connectivity index (χ1v) is 9.03. The predicted octanol–water partition coefficient (Wildman–Crippen LogP) is 5.35. The number of hydrogen-bond acceptors (Lipinski definition) is 2. The van der Waals surface area contributed by atoms with Crippen molar-refractivity contribution in [3.63, 3.8) is 0 Å². The Morgan fingerprint density at radius 2 is 2.00 bits per heavy atom. The first-order chi connectivity index (χ1) is 10.3. The van der Waals surface area contributed by atoms with Gasteiger partial charge in [0.2, 0.25) is 0 Å². The van der Waals surface area contributed by atoms with Crippen LogP contribution < -0.4 is 5.32 Å². The third kappa shape index (κ3) is 3.07. The average Bonchev–Trinajstić information content (AvgIpc) is 3.01. The number of hydrogen-bond donors (Lipinski definition) is 1. The van der Waals surface area contributed by atoms with E-state index in [1.54, 1.807) is 11.1 Å². The Bertz CT molecular complexity index is 599. The minimum Gasteiger partial charge on any atom is -0.312 e. The summed E-state index contributed by atoms with van der Waals surface area (Å²) < 4.78 is 0. The molecule has 0 saturated carbocycles. The van der Waals surface area contributed by atoms with Gasteiger partial charge < -0.3 is 5.32 Å². The maximum atomic E-state index is 3.46. The van der Waals surface area contributed by atoms with E-state index < -0.39 is 0 Å². The Balaban J connectivity index is 1.93. The molecule has 1 aliphatic rings. The van der Waals surface area contributed by atoms with Gasteiger partial charge in [0.25, 0.3) is 0 Å². The molecule has 112 valence electrons. The molecule has 1 nitrogen and oxygen atoms in total. The molecule has 21 heavy (non-hydrogen) atoms. The van der Waals surface area contributed by atoms with Crippen molar-refractivity contribution in [2.24, 2.45) is 0 Å².